The first kappa shape index (κ1) is 12.4. The molecule has 1 N–H and O–H groups in total. The minimum Gasteiger partial charge on any atom is -0.479 e. The van der Waals surface area contributed by atoms with Crippen LogP contribution in [0, 0.1) is 0 Å². The lowest BCUT2D eigenvalue weighted by molar-refractivity contribution is -0.150. The second-order valence-electron chi connectivity index (χ2n) is 4.27. The third kappa shape index (κ3) is 2.14. The van der Waals surface area contributed by atoms with Gasteiger partial charge in [-0.15, -0.1) is 6.58 Å². The van der Waals surface area contributed by atoms with Crippen molar-refractivity contribution in [2.24, 2.45) is 0 Å². The van der Waals surface area contributed by atoms with Gasteiger partial charge in [0.15, 0.2) is 6.04 Å². The molecule has 4 nitrogen and oxygen atoms in total. The molecule has 4 heteroatoms. The van der Waals surface area contributed by atoms with Crippen molar-refractivity contribution in [2.75, 3.05) is 6.54 Å². The topological polar surface area (TPSA) is 57.6 Å². The van der Waals surface area contributed by atoms with E-state index in [1.807, 2.05) is 12.1 Å². The summed E-state index contributed by atoms with van der Waals surface area (Å²) in [6.07, 6.45) is 2.37. The third-order valence-corrected chi connectivity index (χ3v) is 3.16. The second kappa shape index (κ2) is 5.04. The van der Waals surface area contributed by atoms with Gasteiger partial charge in [-0.3, -0.25) is 4.79 Å². The zero-order valence-electron chi connectivity index (χ0n) is 10.0. The standard InChI is InChI=1S/C14H15NO3/c1-2-5-12(16)15-9-8-10-6-3-4-7-11(10)13(15)14(17)18/h2-4,6-7,13H,1,5,8-9H2,(H,17,18). The summed E-state index contributed by atoms with van der Waals surface area (Å²) in [5.74, 6) is -1.17. The number of carboxylic acid groups (broad SMARTS) is 1. The molecule has 94 valence electrons. The van der Waals surface area contributed by atoms with E-state index in [4.69, 9.17) is 0 Å². The molecule has 1 aliphatic rings. The van der Waals surface area contributed by atoms with Crippen LogP contribution in [0.25, 0.3) is 0 Å². The Bertz CT molecular complexity index is 496. The number of fused-ring (bicyclic) bond motifs is 1. The molecule has 1 aliphatic heterocycles. The predicted octanol–water partition coefficient (Wildman–Crippen LogP) is 1.77. The maximum atomic E-state index is 11.9. The molecule has 0 spiro atoms. The molecule has 0 fully saturated rings. The largest absolute Gasteiger partial charge is 0.479 e. The summed E-state index contributed by atoms with van der Waals surface area (Å²) < 4.78 is 0. The molecule has 0 bridgehead atoms. The fourth-order valence-electron chi connectivity index (χ4n) is 2.34. The lowest BCUT2D eigenvalue weighted by Gasteiger charge is -2.34. The first-order valence-electron chi connectivity index (χ1n) is 5.86. The number of rotatable bonds is 3. The van der Waals surface area contributed by atoms with E-state index in [0.29, 0.717) is 18.5 Å². The van der Waals surface area contributed by atoms with Crippen LogP contribution in [0.1, 0.15) is 23.6 Å². The van der Waals surface area contributed by atoms with Gasteiger partial charge >= 0.3 is 5.97 Å². The maximum absolute atomic E-state index is 11.9. The fraction of sp³-hybridized carbons (Fsp3) is 0.286. The third-order valence-electron chi connectivity index (χ3n) is 3.16. The van der Waals surface area contributed by atoms with Crippen LogP contribution in [0.4, 0.5) is 0 Å². The number of carboxylic acids is 1. The normalized spacial score (nSPS) is 18.0. The summed E-state index contributed by atoms with van der Waals surface area (Å²) in [4.78, 5) is 24.8. The second-order valence-corrected chi connectivity index (χ2v) is 4.27. The van der Waals surface area contributed by atoms with E-state index in [1.165, 1.54) is 11.0 Å². The van der Waals surface area contributed by atoms with Gasteiger partial charge in [0, 0.05) is 13.0 Å². The van der Waals surface area contributed by atoms with Gasteiger partial charge in [-0.05, 0) is 17.5 Å². The summed E-state index contributed by atoms with van der Waals surface area (Å²) >= 11 is 0. The quantitative estimate of drug-likeness (QED) is 0.826. The van der Waals surface area contributed by atoms with E-state index >= 15 is 0 Å². The van der Waals surface area contributed by atoms with Gasteiger partial charge in [0.05, 0.1) is 0 Å². The van der Waals surface area contributed by atoms with Gasteiger partial charge < -0.3 is 10.0 Å². The molecule has 1 heterocycles. The van der Waals surface area contributed by atoms with Crippen molar-refractivity contribution in [3.8, 4) is 0 Å². The van der Waals surface area contributed by atoms with Crippen LogP contribution in [0.5, 0.6) is 0 Å². The minimum atomic E-state index is -0.987. The number of amides is 1. The SMILES string of the molecule is C=CCC(=O)N1CCc2ccccc2C1C(=O)O. The molecule has 1 atom stereocenters. The fourth-order valence-corrected chi connectivity index (χ4v) is 2.34. The van der Waals surface area contributed by atoms with E-state index in [1.54, 1.807) is 12.1 Å². The Balaban J connectivity index is 2.38. The van der Waals surface area contributed by atoms with E-state index < -0.39 is 12.0 Å². The Labute approximate surface area is 106 Å². The summed E-state index contributed by atoms with van der Waals surface area (Å²) in [6, 6.07) is 6.51. The highest BCUT2D eigenvalue weighted by Gasteiger charge is 2.34. The zero-order valence-corrected chi connectivity index (χ0v) is 10.0. The number of carbonyl (C=O) groups is 2. The van der Waals surface area contributed by atoms with Crippen molar-refractivity contribution in [3.63, 3.8) is 0 Å². The number of hydrogen-bond donors (Lipinski definition) is 1. The summed E-state index contributed by atoms with van der Waals surface area (Å²) in [5, 5.41) is 9.35. The van der Waals surface area contributed by atoms with Crippen LogP contribution in [0.2, 0.25) is 0 Å². The predicted molar refractivity (Wildman–Crippen MR) is 67.0 cm³/mol. The number of aliphatic carboxylic acids is 1. The van der Waals surface area contributed by atoms with Crippen molar-refractivity contribution >= 4 is 11.9 Å². The van der Waals surface area contributed by atoms with E-state index in [-0.39, 0.29) is 12.3 Å². The van der Waals surface area contributed by atoms with Gasteiger partial charge in [0.1, 0.15) is 0 Å². The Hall–Kier alpha value is -2.10. The molecule has 1 aromatic rings. The maximum Gasteiger partial charge on any atom is 0.331 e. The van der Waals surface area contributed by atoms with Crippen LogP contribution in [-0.4, -0.2) is 28.4 Å². The molecule has 18 heavy (non-hydrogen) atoms. The lowest BCUT2D eigenvalue weighted by Crippen LogP contribution is -2.43. The smallest absolute Gasteiger partial charge is 0.331 e. The summed E-state index contributed by atoms with van der Waals surface area (Å²) in [6.45, 7) is 3.96. The van der Waals surface area contributed by atoms with Crippen LogP contribution < -0.4 is 0 Å². The first-order valence-corrected chi connectivity index (χ1v) is 5.86. The molecule has 1 amide bonds. The van der Waals surface area contributed by atoms with Crippen molar-refractivity contribution in [2.45, 2.75) is 18.9 Å². The average Bonchev–Trinajstić information content (AvgIpc) is 2.37. The number of carbonyl (C=O) groups excluding carboxylic acids is 1. The van der Waals surface area contributed by atoms with Crippen molar-refractivity contribution in [3.05, 3.63) is 48.0 Å². The van der Waals surface area contributed by atoms with E-state index in [0.717, 1.165) is 5.56 Å². The van der Waals surface area contributed by atoms with Crippen LogP contribution in [-0.2, 0) is 16.0 Å². The molecular formula is C14H15NO3. The summed E-state index contributed by atoms with van der Waals surface area (Å²) in [5.41, 5.74) is 1.72. The number of benzene rings is 1. The van der Waals surface area contributed by atoms with Gasteiger partial charge in [-0.25, -0.2) is 4.79 Å². The number of hydrogen-bond acceptors (Lipinski definition) is 2. The van der Waals surface area contributed by atoms with Gasteiger partial charge in [0.25, 0.3) is 0 Å². The highest BCUT2D eigenvalue weighted by Crippen LogP contribution is 2.30. The Kier molecular flexibility index (Phi) is 3.46. The van der Waals surface area contributed by atoms with Gasteiger partial charge in [0.2, 0.25) is 5.91 Å². The van der Waals surface area contributed by atoms with Gasteiger partial charge in [-0.1, -0.05) is 30.3 Å². The molecule has 1 unspecified atom stereocenters. The van der Waals surface area contributed by atoms with Gasteiger partial charge in [-0.2, -0.15) is 0 Å². The monoisotopic (exact) mass is 245 g/mol. The molecule has 0 radical (unpaired) electrons. The van der Waals surface area contributed by atoms with Crippen LogP contribution in [0.15, 0.2) is 36.9 Å². The van der Waals surface area contributed by atoms with Crippen molar-refractivity contribution in [1.82, 2.24) is 4.90 Å². The Morgan fingerprint density at radius 3 is 2.83 bits per heavy atom. The Morgan fingerprint density at radius 1 is 1.44 bits per heavy atom. The highest BCUT2D eigenvalue weighted by atomic mass is 16.4. The first-order chi connectivity index (χ1) is 8.65. The minimum absolute atomic E-state index is 0.173. The van der Waals surface area contributed by atoms with Crippen LogP contribution >= 0.6 is 0 Å². The Morgan fingerprint density at radius 2 is 2.17 bits per heavy atom. The summed E-state index contributed by atoms with van der Waals surface area (Å²) in [7, 11) is 0. The molecule has 0 saturated carbocycles. The number of nitrogens with zero attached hydrogens (tertiary/aromatic N) is 1. The molecule has 2 rings (SSSR count). The molecular weight excluding hydrogens is 230 g/mol. The van der Waals surface area contributed by atoms with Crippen molar-refractivity contribution in [1.29, 1.82) is 0 Å². The average molecular weight is 245 g/mol. The highest BCUT2D eigenvalue weighted by molar-refractivity contribution is 5.86. The van der Waals surface area contributed by atoms with Crippen LogP contribution in [0.3, 0.4) is 0 Å². The molecule has 0 saturated heterocycles. The van der Waals surface area contributed by atoms with E-state index in [2.05, 4.69) is 6.58 Å². The molecule has 1 aromatic carbocycles. The van der Waals surface area contributed by atoms with E-state index in [9.17, 15) is 14.7 Å². The molecule has 0 aromatic heterocycles. The zero-order chi connectivity index (χ0) is 13.1. The van der Waals surface area contributed by atoms with Crippen molar-refractivity contribution < 1.29 is 14.7 Å². The lowest BCUT2D eigenvalue weighted by atomic mass is 9.92. The molecule has 0 aliphatic carbocycles.